The van der Waals surface area contributed by atoms with Crippen molar-refractivity contribution in [3.05, 3.63) is 35.6 Å². The van der Waals surface area contributed by atoms with Crippen LogP contribution >= 0.6 is 0 Å². The zero-order valence-electron chi connectivity index (χ0n) is 8.62. The van der Waals surface area contributed by atoms with Crippen molar-refractivity contribution >= 4 is 0 Å². The zero-order valence-corrected chi connectivity index (χ0v) is 8.62. The highest BCUT2D eigenvalue weighted by Crippen LogP contribution is 2.14. The first-order chi connectivity index (χ1) is 7.25. The summed E-state index contributed by atoms with van der Waals surface area (Å²) in [6, 6.07) is 6.64. The molecule has 3 heteroatoms. The fraction of sp³-hybridized carbons (Fsp3) is 0.500. The topological polar surface area (TPSA) is 32.3 Å². The summed E-state index contributed by atoms with van der Waals surface area (Å²) in [5, 5.41) is 13.0. The van der Waals surface area contributed by atoms with Crippen molar-refractivity contribution < 1.29 is 9.50 Å². The van der Waals surface area contributed by atoms with Crippen LogP contribution in [0.1, 0.15) is 18.4 Å². The van der Waals surface area contributed by atoms with Gasteiger partial charge in [0.15, 0.2) is 0 Å². The van der Waals surface area contributed by atoms with Crippen molar-refractivity contribution in [2.75, 3.05) is 6.54 Å². The summed E-state index contributed by atoms with van der Waals surface area (Å²) < 4.78 is 12.9. The lowest BCUT2D eigenvalue weighted by Crippen LogP contribution is -2.46. The van der Waals surface area contributed by atoms with E-state index < -0.39 is 0 Å². The summed E-state index contributed by atoms with van der Waals surface area (Å²) in [6.45, 7) is 0.942. The Morgan fingerprint density at radius 1 is 1.47 bits per heavy atom. The van der Waals surface area contributed by atoms with E-state index in [2.05, 4.69) is 5.32 Å². The second kappa shape index (κ2) is 4.73. The molecule has 1 heterocycles. The summed E-state index contributed by atoms with van der Waals surface area (Å²) in [5.74, 6) is -0.210. The number of piperidine rings is 1. The monoisotopic (exact) mass is 209 g/mol. The Hall–Kier alpha value is -0.930. The molecule has 0 bridgehead atoms. The lowest BCUT2D eigenvalue weighted by atomic mass is 9.95. The average molecular weight is 209 g/mol. The Morgan fingerprint density at radius 2 is 2.33 bits per heavy atom. The smallest absolute Gasteiger partial charge is 0.123 e. The van der Waals surface area contributed by atoms with Crippen molar-refractivity contribution in [1.29, 1.82) is 0 Å². The van der Waals surface area contributed by atoms with Crippen LogP contribution < -0.4 is 5.32 Å². The molecule has 0 amide bonds. The zero-order chi connectivity index (χ0) is 10.7. The second-order valence-electron chi connectivity index (χ2n) is 4.10. The van der Waals surface area contributed by atoms with E-state index >= 15 is 0 Å². The van der Waals surface area contributed by atoms with Crippen LogP contribution in [-0.2, 0) is 6.42 Å². The first kappa shape index (κ1) is 10.6. The molecule has 1 aliphatic rings. The van der Waals surface area contributed by atoms with Gasteiger partial charge in [0.25, 0.3) is 0 Å². The van der Waals surface area contributed by atoms with Gasteiger partial charge in [-0.15, -0.1) is 0 Å². The van der Waals surface area contributed by atoms with Gasteiger partial charge in [0.05, 0.1) is 6.10 Å². The highest BCUT2D eigenvalue weighted by atomic mass is 19.1. The number of benzene rings is 1. The van der Waals surface area contributed by atoms with Crippen LogP contribution in [0.5, 0.6) is 0 Å². The lowest BCUT2D eigenvalue weighted by molar-refractivity contribution is 0.0963. The van der Waals surface area contributed by atoms with Crippen molar-refractivity contribution in [3.63, 3.8) is 0 Å². The van der Waals surface area contributed by atoms with Crippen molar-refractivity contribution in [2.45, 2.75) is 31.4 Å². The van der Waals surface area contributed by atoms with Gasteiger partial charge >= 0.3 is 0 Å². The summed E-state index contributed by atoms with van der Waals surface area (Å²) in [7, 11) is 0. The number of rotatable bonds is 2. The van der Waals surface area contributed by atoms with Crippen molar-refractivity contribution in [1.82, 2.24) is 5.32 Å². The van der Waals surface area contributed by atoms with Gasteiger partial charge in [-0.25, -0.2) is 4.39 Å². The Morgan fingerprint density at radius 3 is 3.07 bits per heavy atom. The van der Waals surface area contributed by atoms with Crippen LogP contribution in [0, 0.1) is 5.82 Å². The molecule has 2 atom stereocenters. The minimum Gasteiger partial charge on any atom is -0.391 e. The fourth-order valence-electron chi connectivity index (χ4n) is 2.06. The standard InChI is InChI=1S/C12H16FNO/c13-10-4-1-3-9(7-10)8-11-12(15)5-2-6-14-11/h1,3-4,7,11-12,14-15H,2,5-6,8H2/t11-,12-/m0/s1. The highest BCUT2D eigenvalue weighted by Gasteiger charge is 2.22. The number of hydrogen-bond donors (Lipinski definition) is 2. The fourth-order valence-corrected chi connectivity index (χ4v) is 2.06. The van der Waals surface area contributed by atoms with Crippen molar-refractivity contribution in [3.8, 4) is 0 Å². The molecule has 1 saturated heterocycles. The molecule has 2 rings (SSSR count). The number of hydrogen-bond acceptors (Lipinski definition) is 2. The largest absolute Gasteiger partial charge is 0.391 e. The third-order valence-electron chi connectivity index (χ3n) is 2.89. The van der Waals surface area contributed by atoms with Gasteiger partial charge in [-0.2, -0.15) is 0 Å². The van der Waals surface area contributed by atoms with E-state index in [1.165, 1.54) is 12.1 Å². The summed E-state index contributed by atoms with van der Waals surface area (Å²) >= 11 is 0. The molecule has 0 unspecified atom stereocenters. The summed E-state index contributed by atoms with van der Waals surface area (Å²) in [4.78, 5) is 0. The predicted molar refractivity (Wildman–Crippen MR) is 57.1 cm³/mol. The molecule has 1 aromatic carbocycles. The molecule has 0 aliphatic carbocycles. The Labute approximate surface area is 89.1 Å². The van der Waals surface area contributed by atoms with Crippen LogP contribution in [0.25, 0.3) is 0 Å². The molecule has 15 heavy (non-hydrogen) atoms. The second-order valence-corrected chi connectivity index (χ2v) is 4.10. The van der Waals surface area contributed by atoms with Gasteiger partial charge in [0.2, 0.25) is 0 Å². The van der Waals surface area contributed by atoms with E-state index in [0.717, 1.165) is 24.9 Å². The molecule has 1 fully saturated rings. The van der Waals surface area contributed by atoms with Crippen LogP contribution in [0.2, 0.25) is 0 Å². The molecule has 1 aliphatic heterocycles. The molecule has 82 valence electrons. The van der Waals surface area contributed by atoms with Crippen LogP contribution in [0.3, 0.4) is 0 Å². The molecule has 0 spiro atoms. The van der Waals surface area contributed by atoms with E-state index in [1.807, 2.05) is 6.07 Å². The molecule has 0 aromatic heterocycles. The number of aliphatic hydroxyl groups is 1. The third-order valence-corrected chi connectivity index (χ3v) is 2.89. The maximum Gasteiger partial charge on any atom is 0.123 e. The van der Waals surface area contributed by atoms with Crippen LogP contribution in [0.15, 0.2) is 24.3 Å². The molecule has 1 aromatic rings. The van der Waals surface area contributed by atoms with Crippen LogP contribution in [0.4, 0.5) is 4.39 Å². The van der Waals surface area contributed by atoms with Crippen molar-refractivity contribution in [2.24, 2.45) is 0 Å². The number of nitrogens with one attached hydrogen (secondary N) is 1. The molecular formula is C12H16FNO. The van der Waals surface area contributed by atoms with E-state index in [4.69, 9.17) is 0 Å². The maximum atomic E-state index is 12.9. The van der Waals surface area contributed by atoms with Gasteiger partial charge < -0.3 is 10.4 Å². The lowest BCUT2D eigenvalue weighted by Gasteiger charge is -2.29. The molecule has 2 N–H and O–H groups in total. The number of aliphatic hydroxyl groups excluding tert-OH is 1. The highest BCUT2D eigenvalue weighted by molar-refractivity contribution is 5.18. The summed E-state index contributed by atoms with van der Waals surface area (Å²) in [5.41, 5.74) is 0.938. The van der Waals surface area contributed by atoms with E-state index in [0.29, 0.717) is 6.42 Å². The normalized spacial score (nSPS) is 26.5. The Balaban J connectivity index is 2.01. The Kier molecular flexibility index (Phi) is 3.34. The SMILES string of the molecule is O[C@H]1CCCN[C@H]1Cc1cccc(F)c1. The van der Waals surface area contributed by atoms with Gasteiger partial charge in [-0.1, -0.05) is 12.1 Å². The van der Waals surface area contributed by atoms with Gasteiger partial charge in [-0.3, -0.25) is 0 Å². The minimum atomic E-state index is -0.304. The molecule has 2 nitrogen and oxygen atoms in total. The van der Waals surface area contributed by atoms with Gasteiger partial charge in [0, 0.05) is 6.04 Å². The van der Waals surface area contributed by atoms with Crippen LogP contribution in [-0.4, -0.2) is 23.8 Å². The maximum absolute atomic E-state index is 12.9. The summed E-state index contributed by atoms with van der Waals surface area (Å²) in [6.07, 6.45) is 2.24. The first-order valence-corrected chi connectivity index (χ1v) is 5.41. The van der Waals surface area contributed by atoms with E-state index in [-0.39, 0.29) is 18.0 Å². The molecular weight excluding hydrogens is 193 g/mol. The molecule has 0 radical (unpaired) electrons. The van der Waals surface area contributed by atoms with E-state index in [9.17, 15) is 9.50 Å². The first-order valence-electron chi connectivity index (χ1n) is 5.41. The minimum absolute atomic E-state index is 0.0700. The average Bonchev–Trinajstić information content (AvgIpc) is 2.22. The third kappa shape index (κ3) is 2.76. The van der Waals surface area contributed by atoms with E-state index in [1.54, 1.807) is 6.07 Å². The van der Waals surface area contributed by atoms with Gasteiger partial charge in [-0.05, 0) is 43.5 Å². The number of halogens is 1. The van der Waals surface area contributed by atoms with Gasteiger partial charge in [0.1, 0.15) is 5.82 Å². The quantitative estimate of drug-likeness (QED) is 0.773. The molecule has 0 saturated carbocycles. The Bertz CT molecular complexity index is 329. The predicted octanol–water partition coefficient (Wildman–Crippen LogP) is 1.48.